The smallest absolute Gasteiger partial charge is 0.335 e. The standard InChI is InChI=1S/C9H10O3/c1-6-2-7(5-10)4-8(3-6)9(11)12/h2-4,10H,5H2,1H3,(H,11,12). The molecule has 0 amide bonds. The van der Waals surface area contributed by atoms with Crippen LogP contribution in [0.1, 0.15) is 21.5 Å². The third kappa shape index (κ3) is 1.83. The maximum absolute atomic E-state index is 10.5. The predicted molar refractivity (Wildman–Crippen MR) is 44.1 cm³/mol. The summed E-state index contributed by atoms with van der Waals surface area (Å²) in [7, 11) is 0. The molecule has 1 aromatic carbocycles. The second kappa shape index (κ2) is 3.36. The molecule has 0 aromatic heterocycles. The van der Waals surface area contributed by atoms with E-state index in [1.165, 1.54) is 6.07 Å². The zero-order valence-electron chi connectivity index (χ0n) is 6.74. The number of aliphatic hydroxyl groups is 1. The van der Waals surface area contributed by atoms with Gasteiger partial charge in [-0.2, -0.15) is 0 Å². The SMILES string of the molecule is Cc1cc(CO)cc(C(=O)O)c1. The third-order valence-electron chi connectivity index (χ3n) is 1.57. The van der Waals surface area contributed by atoms with E-state index in [1.54, 1.807) is 19.1 Å². The molecule has 0 aliphatic heterocycles. The number of benzene rings is 1. The normalized spacial score (nSPS) is 9.83. The van der Waals surface area contributed by atoms with E-state index in [1.807, 2.05) is 0 Å². The van der Waals surface area contributed by atoms with E-state index < -0.39 is 5.97 Å². The molecule has 0 saturated carbocycles. The Morgan fingerprint density at radius 1 is 1.42 bits per heavy atom. The fourth-order valence-corrected chi connectivity index (χ4v) is 1.08. The van der Waals surface area contributed by atoms with Gasteiger partial charge in [0.05, 0.1) is 12.2 Å². The number of carboxylic acid groups (broad SMARTS) is 1. The van der Waals surface area contributed by atoms with Crippen LogP contribution in [0.5, 0.6) is 0 Å². The fraction of sp³-hybridized carbons (Fsp3) is 0.222. The number of carboxylic acids is 1. The summed E-state index contributed by atoms with van der Waals surface area (Å²) >= 11 is 0. The van der Waals surface area contributed by atoms with Crippen molar-refractivity contribution in [2.45, 2.75) is 13.5 Å². The Labute approximate surface area is 70.3 Å². The zero-order valence-corrected chi connectivity index (χ0v) is 6.74. The van der Waals surface area contributed by atoms with Crippen molar-refractivity contribution >= 4 is 5.97 Å². The van der Waals surface area contributed by atoms with Gasteiger partial charge in [0.2, 0.25) is 0 Å². The average molecular weight is 166 g/mol. The molecule has 0 radical (unpaired) electrons. The monoisotopic (exact) mass is 166 g/mol. The van der Waals surface area contributed by atoms with Crippen LogP contribution < -0.4 is 0 Å². The lowest BCUT2D eigenvalue weighted by Crippen LogP contribution is -1.98. The molecule has 1 aromatic rings. The number of rotatable bonds is 2. The molecular formula is C9H10O3. The number of hydrogen-bond acceptors (Lipinski definition) is 2. The summed E-state index contributed by atoms with van der Waals surface area (Å²) in [6.07, 6.45) is 0. The molecular weight excluding hydrogens is 156 g/mol. The van der Waals surface area contributed by atoms with Gasteiger partial charge < -0.3 is 10.2 Å². The summed E-state index contributed by atoms with van der Waals surface area (Å²) in [5, 5.41) is 17.4. The van der Waals surface area contributed by atoms with Gasteiger partial charge in [0.25, 0.3) is 0 Å². The van der Waals surface area contributed by atoms with Crippen LogP contribution in [0.2, 0.25) is 0 Å². The Kier molecular flexibility index (Phi) is 2.45. The Balaban J connectivity index is 3.15. The molecule has 3 heteroatoms. The van der Waals surface area contributed by atoms with Gasteiger partial charge in [-0.3, -0.25) is 0 Å². The molecule has 12 heavy (non-hydrogen) atoms. The van der Waals surface area contributed by atoms with E-state index in [4.69, 9.17) is 10.2 Å². The molecule has 64 valence electrons. The Hall–Kier alpha value is -1.35. The number of aromatic carboxylic acids is 1. The summed E-state index contributed by atoms with van der Waals surface area (Å²) < 4.78 is 0. The van der Waals surface area contributed by atoms with Gasteiger partial charge in [-0.05, 0) is 30.2 Å². The van der Waals surface area contributed by atoms with Gasteiger partial charge >= 0.3 is 5.97 Å². The van der Waals surface area contributed by atoms with Crippen molar-refractivity contribution in [1.29, 1.82) is 0 Å². The summed E-state index contributed by atoms with van der Waals surface area (Å²) in [6.45, 7) is 1.67. The average Bonchev–Trinajstić information content (AvgIpc) is 2.03. The van der Waals surface area contributed by atoms with Gasteiger partial charge in [0.1, 0.15) is 0 Å². The van der Waals surface area contributed by atoms with Crippen LogP contribution in [-0.2, 0) is 6.61 Å². The first-order valence-corrected chi connectivity index (χ1v) is 3.58. The van der Waals surface area contributed by atoms with Crippen molar-refractivity contribution in [3.63, 3.8) is 0 Å². The highest BCUT2D eigenvalue weighted by Crippen LogP contribution is 2.09. The summed E-state index contributed by atoms with van der Waals surface area (Å²) in [5.41, 5.74) is 1.70. The van der Waals surface area contributed by atoms with Crippen molar-refractivity contribution in [2.75, 3.05) is 0 Å². The first-order chi connectivity index (χ1) is 5.63. The highest BCUT2D eigenvalue weighted by Gasteiger charge is 2.03. The first-order valence-electron chi connectivity index (χ1n) is 3.58. The molecule has 0 aliphatic carbocycles. The van der Waals surface area contributed by atoms with Crippen molar-refractivity contribution < 1.29 is 15.0 Å². The van der Waals surface area contributed by atoms with Crippen LogP contribution in [0, 0.1) is 6.92 Å². The quantitative estimate of drug-likeness (QED) is 0.693. The van der Waals surface area contributed by atoms with E-state index in [2.05, 4.69) is 0 Å². The Bertz CT molecular complexity index is 305. The molecule has 0 heterocycles. The minimum Gasteiger partial charge on any atom is -0.478 e. The molecule has 0 saturated heterocycles. The molecule has 0 bridgehead atoms. The van der Waals surface area contributed by atoms with E-state index in [-0.39, 0.29) is 12.2 Å². The number of carbonyl (C=O) groups is 1. The van der Waals surface area contributed by atoms with Crippen LogP contribution in [0.3, 0.4) is 0 Å². The van der Waals surface area contributed by atoms with E-state index >= 15 is 0 Å². The molecule has 2 N–H and O–H groups in total. The number of aryl methyl sites for hydroxylation is 1. The van der Waals surface area contributed by atoms with E-state index in [9.17, 15) is 4.79 Å². The van der Waals surface area contributed by atoms with Crippen LogP contribution >= 0.6 is 0 Å². The van der Waals surface area contributed by atoms with Crippen molar-refractivity contribution in [3.05, 3.63) is 34.9 Å². The minimum atomic E-state index is -0.964. The predicted octanol–water partition coefficient (Wildman–Crippen LogP) is 1.19. The maximum atomic E-state index is 10.5. The largest absolute Gasteiger partial charge is 0.478 e. The highest BCUT2D eigenvalue weighted by molar-refractivity contribution is 5.88. The van der Waals surface area contributed by atoms with Gasteiger partial charge in [-0.15, -0.1) is 0 Å². The molecule has 0 spiro atoms. The molecule has 0 fully saturated rings. The molecule has 3 nitrogen and oxygen atoms in total. The van der Waals surface area contributed by atoms with Crippen molar-refractivity contribution in [1.82, 2.24) is 0 Å². The van der Waals surface area contributed by atoms with Crippen molar-refractivity contribution in [2.24, 2.45) is 0 Å². The second-order valence-corrected chi connectivity index (χ2v) is 2.67. The van der Waals surface area contributed by atoms with Gasteiger partial charge in [0.15, 0.2) is 0 Å². The Morgan fingerprint density at radius 3 is 2.58 bits per heavy atom. The molecule has 0 aliphatic rings. The molecule has 1 rings (SSSR count). The second-order valence-electron chi connectivity index (χ2n) is 2.67. The third-order valence-corrected chi connectivity index (χ3v) is 1.57. The summed E-state index contributed by atoms with van der Waals surface area (Å²) in [5.74, 6) is -0.964. The maximum Gasteiger partial charge on any atom is 0.335 e. The summed E-state index contributed by atoms with van der Waals surface area (Å²) in [6, 6.07) is 4.79. The topological polar surface area (TPSA) is 57.5 Å². The van der Waals surface area contributed by atoms with Gasteiger partial charge in [-0.1, -0.05) is 6.07 Å². The lowest BCUT2D eigenvalue weighted by molar-refractivity contribution is 0.0696. The number of aliphatic hydroxyl groups excluding tert-OH is 1. The van der Waals surface area contributed by atoms with Crippen LogP contribution in [-0.4, -0.2) is 16.2 Å². The van der Waals surface area contributed by atoms with Crippen LogP contribution in [0.4, 0.5) is 0 Å². The van der Waals surface area contributed by atoms with E-state index in [0.717, 1.165) is 5.56 Å². The molecule has 0 atom stereocenters. The van der Waals surface area contributed by atoms with E-state index in [0.29, 0.717) is 5.56 Å². The fourth-order valence-electron chi connectivity index (χ4n) is 1.08. The Morgan fingerprint density at radius 2 is 2.08 bits per heavy atom. The van der Waals surface area contributed by atoms with Gasteiger partial charge in [0, 0.05) is 0 Å². The zero-order chi connectivity index (χ0) is 9.14. The minimum absolute atomic E-state index is 0.123. The van der Waals surface area contributed by atoms with Gasteiger partial charge in [-0.25, -0.2) is 4.79 Å². The lowest BCUT2D eigenvalue weighted by atomic mass is 10.1. The highest BCUT2D eigenvalue weighted by atomic mass is 16.4. The van der Waals surface area contributed by atoms with Crippen molar-refractivity contribution in [3.8, 4) is 0 Å². The summed E-state index contributed by atoms with van der Waals surface area (Å²) in [4.78, 5) is 10.5. The van der Waals surface area contributed by atoms with Crippen LogP contribution in [0.25, 0.3) is 0 Å². The first kappa shape index (κ1) is 8.74. The molecule has 0 unspecified atom stereocenters. The number of hydrogen-bond donors (Lipinski definition) is 2. The lowest BCUT2D eigenvalue weighted by Gasteiger charge is -2.00. The van der Waals surface area contributed by atoms with Crippen LogP contribution in [0.15, 0.2) is 18.2 Å².